The largest absolute Gasteiger partial charge is 0.354 e. The van der Waals surface area contributed by atoms with Crippen LogP contribution in [0.3, 0.4) is 0 Å². The van der Waals surface area contributed by atoms with E-state index >= 15 is 0 Å². The summed E-state index contributed by atoms with van der Waals surface area (Å²) in [6.07, 6.45) is 3.15. The topological polar surface area (TPSA) is 67.2 Å². The number of anilines is 1. The third-order valence-corrected chi connectivity index (χ3v) is 7.06. The molecule has 1 N–H and O–H groups in total. The van der Waals surface area contributed by atoms with Gasteiger partial charge < -0.3 is 10.2 Å². The predicted octanol–water partition coefficient (Wildman–Crippen LogP) is 2.99. The number of benzene rings is 1. The van der Waals surface area contributed by atoms with Crippen molar-refractivity contribution < 1.29 is 8.42 Å². The Hall–Kier alpha value is -1.80. The zero-order valence-electron chi connectivity index (χ0n) is 13.7. The van der Waals surface area contributed by atoms with Gasteiger partial charge in [-0.2, -0.15) is 0 Å². The Morgan fingerprint density at radius 1 is 1.04 bits per heavy atom. The fraction of sp³-hybridized carbons (Fsp3) is 0.235. The van der Waals surface area contributed by atoms with Gasteiger partial charge in [-0.15, -0.1) is 0 Å². The molecular weight excluding hydrogens is 395 g/mol. The van der Waals surface area contributed by atoms with Gasteiger partial charge in [0.15, 0.2) is 0 Å². The number of halogens is 2. The van der Waals surface area contributed by atoms with Crippen molar-refractivity contribution >= 4 is 49.9 Å². The van der Waals surface area contributed by atoms with Gasteiger partial charge in [-0.25, -0.2) is 17.4 Å². The van der Waals surface area contributed by atoms with Crippen LogP contribution in [0.2, 0.25) is 10.0 Å². The summed E-state index contributed by atoms with van der Waals surface area (Å²) in [6.45, 7) is 3.37. The van der Waals surface area contributed by atoms with Gasteiger partial charge >= 0.3 is 0 Å². The quantitative estimate of drug-likeness (QED) is 0.718. The number of nitrogens with zero attached hydrogens (tertiary/aromatic N) is 3. The first-order valence-corrected chi connectivity index (χ1v) is 10.3. The lowest BCUT2D eigenvalue weighted by molar-refractivity contribution is 0.586. The Balaban J connectivity index is 1.88. The first-order valence-electron chi connectivity index (χ1n) is 8.11. The number of pyridine rings is 1. The van der Waals surface area contributed by atoms with Crippen LogP contribution in [0.25, 0.3) is 10.9 Å². The molecule has 0 spiro atoms. The maximum atomic E-state index is 13.2. The molecule has 0 saturated carbocycles. The predicted molar refractivity (Wildman–Crippen MR) is 104 cm³/mol. The standard InChI is InChI=1S/C17H16Cl2N4O2S/c18-13-2-1-3-14(19)16(13)26(24,25)23-9-5-12-15(23)4-6-21-17(12)22-10-7-20-8-11-22/h1-6,9,20H,7-8,10-11H2. The molecule has 26 heavy (non-hydrogen) atoms. The van der Waals surface area contributed by atoms with E-state index in [0.717, 1.165) is 37.4 Å². The summed E-state index contributed by atoms with van der Waals surface area (Å²) in [5.41, 5.74) is 0.546. The molecule has 6 nitrogen and oxygen atoms in total. The molecule has 0 radical (unpaired) electrons. The lowest BCUT2D eigenvalue weighted by Gasteiger charge is -2.28. The summed E-state index contributed by atoms with van der Waals surface area (Å²) in [6, 6.07) is 8.09. The molecular formula is C17H16Cl2N4O2S. The summed E-state index contributed by atoms with van der Waals surface area (Å²) in [5.74, 6) is 0.781. The van der Waals surface area contributed by atoms with Crippen LogP contribution in [-0.2, 0) is 10.0 Å². The zero-order valence-corrected chi connectivity index (χ0v) is 16.0. The van der Waals surface area contributed by atoms with Crippen LogP contribution in [0.15, 0.2) is 47.6 Å². The highest BCUT2D eigenvalue weighted by Gasteiger charge is 2.26. The monoisotopic (exact) mass is 410 g/mol. The lowest BCUT2D eigenvalue weighted by Crippen LogP contribution is -2.43. The van der Waals surface area contributed by atoms with Crippen LogP contribution in [0.1, 0.15) is 0 Å². The highest BCUT2D eigenvalue weighted by atomic mass is 35.5. The SMILES string of the molecule is O=S(=O)(c1c(Cl)cccc1Cl)n1ccc2c(N3CCNCC3)nccc21. The van der Waals surface area contributed by atoms with Gasteiger partial charge in [0.1, 0.15) is 10.7 Å². The number of aromatic nitrogens is 2. The van der Waals surface area contributed by atoms with Gasteiger partial charge in [-0.3, -0.25) is 0 Å². The number of fused-ring (bicyclic) bond motifs is 1. The highest BCUT2D eigenvalue weighted by Crippen LogP contribution is 2.34. The zero-order chi connectivity index (χ0) is 18.3. The van der Waals surface area contributed by atoms with E-state index < -0.39 is 10.0 Å². The Labute approximate surface area is 161 Å². The first kappa shape index (κ1) is 17.6. The van der Waals surface area contributed by atoms with E-state index in [9.17, 15) is 8.42 Å². The summed E-state index contributed by atoms with van der Waals surface area (Å²) < 4.78 is 27.6. The lowest BCUT2D eigenvalue weighted by atomic mass is 10.2. The van der Waals surface area contributed by atoms with Gasteiger partial charge in [-0.05, 0) is 24.3 Å². The summed E-state index contributed by atoms with van der Waals surface area (Å²) in [4.78, 5) is 6.53. The van der Waals surface area contributed by atoms with Crippen molar-refractivity contribution in [2.45, 2.75) is 4.90 Å². The smallest absolute Gasteiger partial charge is 0.271 e. The van der Waals surface area contributed by atoms with E-state index in [0.29, 0.717) is 5.52 Å². The van der Waals surface area contributed by atoms with E-state index in [4.69, 9.17) is 23.2 Å². The molecule has 0 unspecified atom stereocenters. The minimum Gasteiger partial charge on any atom is -0.354 e. The average molecular weight is 411 g/mol. The van der Waals surface area contributed by atoms with Crippen molar-refractivity contribution in [1.82, 2.24) is 14.3 Å². The minimum absolute atomic E-state index is 0.0933. The molecule has 0 aliphatic carbocycles. The average Bonchev–Trinajstić information content (AvgIpc) is 3.07. The van der Waals surface area contributed by atoms with Crippen molar-refractivity contribution in [3.05, 3.63) is 52.8 Å². The molecule has 1 aliphatic heterocycles. The molecule has 136 valence electrons. The van der Waals surface area contributed by atoms with E-state index in [1.807, 2.05) is 0 Å². The Kier molecular flexibility index (Phi) is 4.56. The van der Waals surface area contributed by atoms with Crippen molar-refractivity contribution in [3.63, 3.8) is 0 Å². The van der Waals surface area contributed by atoms with E-state index in [1.165, 1.54) is 22.3 Å². The Morgan fingerprint density at radius 3 is 2.42 bits per heavy atom. The molecule has 0 atom stereocenters. The van der Waals surface area contributed by atoms with Crippen molar-refractivity contribution in [2.24, 2.45) is 0 Å². The minimum atomic E-state index is -3.94. The second kappa shape index (κ2) is 6.74. The molecule has 1 aromatic carbocycles. The maximum Gasteiger partial charge on any atom is 0.271 e. The number of hydrogen-bond acceptors (Lipinski definition) is 5. The highest BCUT2D eigenvalue weighted by molar-refractivity contribution is 7.90. The normalized spacial score (nSPS) is 15.5. The molecule has 2 aromatic heterocycles. The third-order valence-electron chi connectivity index (χ3n) is 4.41. The Bertz CT molecular complexity index is 1060. The van der Waals surface area contributed by atoms with Gasteiger partial charge in [-0.1, -0.05) is 29.3 Å². The van der Waals surface area contributed by atoms with Crippen molar-refractivity contribution in [3.8, 4) is 0 Å². The van der Waals surface area contributed by atoms with Gasteiger partial charge in [0.25, 0.3) is 10.0 Å². The van der Waals surface area contributed by atoms with Gasteiger partial charge in [0.05, 0.1) is 15.6 Å². The van der Waals surface area contributed by atoms with E-state index in [2.05, 4.69) is 15.2 Å². The fourth-order valence-electron chi connectivity index (χ4n) is 3.19. The van der Waals surface area contributed by atoms with Crippen LogP contribution in [0.4, 0.5) is 5.82 Å². The number of nitrogens with one attached hydrogen (secondary N) is 1. The molecule has 3 heterocycles. The summed E-state index contributed by atoms with van der Waals surface area (Å²) >= 11 is 12.3. The van der Waals surface area contributed by atoms with Crippen LogP contribution in [0.5, 0.6) is 0 Å². The van der Waals surface area contributed by atoms with Crippen molar-refractivity contribution in [1.29, 1.82) is 0 Å². The van der Waals surface area contributed by atoms with Gasteiger partial charge in [0.2, 0.25) is 0 Å². The molecule has 3 aromatic rings. The Morgan fingerprint density at radius 2 is 1.73 bits per heavy atom. The van der Waals surface area contributed by atoms with Crippen LogP contribution in [-0.4, -0.2) is 43.6 Å². The van der Waals surface area contributed by atoms with E-state index in [-0.39, 0.29) is 14.9 Å². The fourth-order valence-corrected chi connectivity index (χ4v) is 5.64. The molecule has 0 amide bonds. The first-order chi connectivity index (χ1) is 12.5. The second-order valence-electron chi connectivity index (χ2n) is 5.97. The summed E-state index contributed by atoms with van der Waals surface area (Å²) in [7, 11) is -3.94. The molecule has 4 rings (SSSR count). The number of hydrogen-bond donors (Lipinski definition) is 1. The number of piperazine rings is 1. The molecule has 0 bridgehead atoms. The molecule has 9 heteroatoms. The maximum absolute atomic E-state index is 13.2. The molecule has 1 aliphatic rings. The van der Waals surface area contributed by atoms with Crippen molar-refractivity contribution in [2.75, 3.05) is 31.1 Å². The van der Waals surface area contributed by atoms with Crippen LogP contribution < -0.4 is 10.2 Å². The molecule has 1 saturated heterocycles. The summed E-state index contributed by atoms with van der Waals surface area (Å²) in [5, 5.41) is 4.26. The number of rotatable bonds is 3. The van der Waals surface area contributed by atoms with Gasteiger partial charge in [0, 0.05) is 44.0 Å². The second-order valence-corrected chi connectivity index (χ2v) is 8.54. The third kappa shape index (κ3) is 2.85. The van der Waals surface area contributed by atoms with Crippen LogP contribution in [0, 0.1) is 0 Å². The van der Waals surface area contributed by atoms with Crippen LogP contribution >= 0.6 is 23.2 Å². The van der Waals surface area contributed by atoms with E-state index in [1.54, 1.807) is 24.4 Å². The molecule has 1 fully saturated rings.